The molecule has 0 saturated carbocycles. The Labute approximate surface area is 122 Å². The standard InChI is InChI=1S/C14H20N6O/c1-20(14(16)17)13(21)11-8-9-4-2-5-10(12(9)19-11)18-7-3-6-15/h2,4-5,8,18-19H,3,6-7,15H2,1H3,(H3,16,17). The number of nitrogens with zero attached hydrogens (tertiary/aromatic N) is 1. The van der Waals surface area contributed by atoms with E-state index in [1.807, 2.05) is 18.2 Å². The lowest BCUT2D eigenvalue weighted by molar-refractivity contribution is 0.0864. The molecule has 0 aliphatic carbocycles. The molecule has 0 aliphatic heterocycles. The maximum Gasteiger partial charge on any atom is 0.276 e. The van der Waals surface area contributed by atoms with Crippen LogP contribution in [0.15, 0.2) is 24.3 Å². The Kier molecular flexibility index (Phi) is 4.44. The Morgan fingerprint density at radius 1 is 1.48 bits per heavy atom. The van der Waals surface area contributed by atoms with Crippen molar-refractivity contribution in [2.75, 3.05) is 25.5 Å². The van der Waals surface area contributed by atoms with Gasteiger partial charge in [0.25, 0.3) is 5.91 Å². The van der Waals surface area contributed by atoms with Crippen molar-refractivity contribution in [3.8, 4) is 0 Å². The summed E-state index contributed by atoms with van der Waals surface area (Å²) in [7, 11) is 1.47. The highest BCUT2D eigenvalue weighted by Gasteiger charge is 2.17. The van der Waals surface area contributed by atoms with Gasteiger partial charge in [-0.25, -0.2) is 0 Å². The van der Waals surface area contributed by atoms with Gasteiger partial charge in [0.1, 0.15) is 5.69 Å². The molecule has 7 heteroatoms. The van der Waals surface area contributed by atoms with Crippen LogP contribution in [0.2, 0.25) is 0 Å². The number of nitrogens with two attached hydrogens (primary N) is 2. The third-order valence-corrected chi connectivity index (χ3v) is 3.25. The second-order valence-corrected chi connectivity index (χ2v) is 4.77. The van der Waals surface area contributed by atoms with Crippen molar-refractivity contribution in [1.82, 2.24) is 9.88 Å². The summed E-state index contributed by atoms with van der Waals surface area (Å²) in [5.41, 5.74) is 13.0. The zero-order chi connectivity index (χ0) is 15.4. The number of rotatable bonds is 5. The number of aromatic nitrogens is 1. The highest BCUT2D eigenvalue weighted by Crippen LogP contribution is 2.24. The van der Waals surface area contributed by atoms with Crippen LogP contribution in [-0.4, -0.2) is 41.9 Å². The molecule has 0 atom stereocenters. The van der Waals surface area contributed by atoms with Gasteiger partial charge in [0, 0.05) is 19.0 Å². The molecule has 1 heterocycles. The Balaban J connectivity index is 2.30. The number of benzene rings is 1. The minimum absolute atomic E-state index is 0.292. The molecule has 7 N–H and O–H groups in total. The highest BCUT2D eigenvalue weighted by molar-refractivity contribution is 6.06. The lowest BCUT2D eigenvalue weighted by Crippen LogP contribution is -2.38. The number of para-hydroxylation sites is 1. The number of amides is 1. The molecule has 0 saturated heterocycles. The third kappa shape index (κ3) is 3.14. The van der Waals surface area contributed by atoms with Crippen LogP contribution in [0, 0.1) is 5.41 Å². The lowest BCUT2D eigenvalue weighted by atomic mass is 10.2. The number of carbonyl (C=O) groups is 1. The van der Waals surface area contributed by atoms with Crippen molar-refractivity contribution >= 4 is 28.5 Å². The Morgan fingerprint density at radius 2 is 2.24 bits per heavy atom. The van der Waals surface area contributed by atoms with Gasteiger partial charge >= 0.3 is 0 Å². The molecule has 21 heavy (non-hydrogen) atoms. The van der Waals surface area contributed by atoms with Crippen LogP contribution >= 0.6 is 0 Å². The first kappa shape index (κ1) is 14.9. The third-order valence-electron chi connectivity index (χ3n) is 3.25. The summed E-state index contributed by atoms with van der Waals surface area (Å²) >= 11 is 0. The summed E-state index contributed by atoms with van der Waals surface area (Å²) in [5, 5.41) is 11.5. The molecular formula is C14H20N6O. The first-order valence-electron chi connectivity index (χ1n) is 6.72. The summed E-state index contributed by atoms with van der Waals surface area (Å²) in [4.78, 5) is 16.3. The largest absolute Gasteiger partial charge is 0.383 e. The maximum atomic E-state index is 12.2. The number of H-pyrrole nitrogens is 1. The van der Waals surface area contributed by atoms with Crippen LogP contribution in [-0.2, 0) is 0 Å². The quantitative estimate of drug-likeness (QED) is 0.318. The SMILES string of the molecule is CN(C(=N)N)C(=O)c1cc2cccc(NCCCN)c2[nH]1. The number of guanidine groups is 1. The molecule has 0 spiro atoms. The van der Waals surface area contributed by atoms with E-state index in [4.69, 9.17) is 16.9 Å². The van der Waals surface area contributed by atoms with Gasteiger partial charge in [0.05, 0.1) is 11.2 Å². The van der Waals surface area contributed by atoms with Crippen molar-refractivity contribution in [3.63, 3.8) is 0 Å². The van der Waals surface area contributed by atoms with E-state index in [0.29, 0.717) is 12.2 Å². The Morgan fingerprint density at radius 3 is 2.90 bits per heavy atom. The average molecular weight is 288 g/mol. The Hall–Kier alpha value is -2.54. The average Bonchev–Trinajstić information content (AvgIpc) is 2.90. The summed E-state index contributed by atoms with van der Waals surface area (Å²) in [6, 6.07) is 7.54. The molecule has 1 aromatic carbocycles. The highest BCUT2D eigenvalue weighted by atomic mass is 16.2. The first-order chi connectivity index (χ1) is 10.0. The molecule has 1 aromatic heterocycles. The fourth-order valence-electron chi connectivity index (χ4n) is 2.03. The van der Waals surface area contributed by atoms with Gasteiger partial charge in [-0.2, -0.15) is 0 Å². The van der Waals surface area contributed by atoms with E-state index < -0.39 is 0 Å². The van der Waals surface area contributed by atoms with Crippen LogP contribution in [0.25, 0.3) is 10.9 Å². The van der Waals surface area contributed by atoms with Crippen molar-refractivity contribution in [2.45, 2.75) is 6.42 Å². The van der Waals surface area contributed by atoms with E-state index in [1.54, 1.807) is 6.07 Å². The number of carbonyl (C=O) groups excluding carboxylic acids is 1. The van der Waals surface area contributed by atoms with Gasteiger partial charge in [-0.1, -0.05) is 12.1 Å². The number of anilines is 1. The summed E-state index contributed by atoms with van der Waals surface area (Å²) in [6.45, 7) is 1.39. The molecule has 2 rings (SSSR count). The lowest BCUT2D eigenvalue weighted by Gasteiger charge is -2.12. The minimum atomic E-state index is -0.341. The van der Waals surface area contributed by atoms with Gasteiger partial charge in [0.2, 0.25) is 0 Å². The second-order valence-electron chi connectivity index (χ2n) is 4.77. The van der Waals surface area contributed by atoms with E-state index in [2.05, 4.69) is 10.3 Å². The molecule has 2 aromatic rings. The monoisotopic (exact) mass is 288 g/mol. The minimum Gasteiger partial charge on any atom is -0.383 e. The van der Waals surface area contributed by atoms with Crippen molar-refractivity contribution in [3.05, 3.63) is 30.0 Å². The van der Waals surface area contributed by atoms with E-state index in [1.165, 1.54) is 7.05 Å². The predicted octanol–water partition coefficient (Wildman–Crippen LogP) is 0.894. The zero-order valence-corrected chi connectivity index (χ0v) is 11.9. The molecular weight excluding hydrogens is 268 g/mol. The first-order valence-corrected chi connectivity index (χ1v) is 6.72. The van der Waals surface area contributed by atoms with Gasteiger partial charge in [0.15, 0.2) is 5.96 Å². The number of hydrogen-bond acceptors (Lipinski definition) is 4. The summed E-state index contributed by atoms with van der Waals surface area (Å²) in [5.74, 6) is -0.633. The van der Waals surface area contributed by atoms with Crippen LogP contribution in [0.5, 0.6) is 0 Å². The molecule has 1 amide bonds. The van der Waals surface area contributed by atoms with Crippen LogP contribution in [0.3, 0.4) is 0 Å². The molecule has 0 radical (unpaired) electrons. The van der Waals surface area contributed by atoms with E-state index in [-0.39, 0.29) is 11.9 Å². The normalized spacial score (nSPS) is 10.6. The number of hydrogen-bond donors (Lipinski definition) is 5. The van der Waals surface area contributed by atoms with E-state index in [9.17, 15) is 4.79 Å². The zero-order valence-electron chi connectivity index (χ0n) is 11.9. The number of nitrogens with one attached hydrogen (secondary N) is 3. The van der Waals surface area contributed by atoms with Gasteiger partial charge in [-0.3, -0.25) is 15.1 Å². The van der Waals surface area contributed by atoms with Crippen molar-refractivity contribution in [2.24, 2.45) is 11.5 Å². The van der Waals surface area contributed by atoms with Crippen LogP contribution < -0.4 is 16.8 Å². The summed E-state index contributed by atoms with van der Waals surface area (Å²) < 4.78 is 0. The molecule has 0 bridgehead atoms. The van der Waals surface area contributed by atoms with Crippen LogP contribution in [0.4, 0.5) is 5.69 Å². The second kappa shape index (κ2) is 6.27. The molecule has 0 aliphatic rings. The molecule has 7 nitrogen and oxygen atoms in total. The van der Waals surface area contributed by atoms with Gasteiger partial charge in [-0.05, 0) is 25.1 Å². The van der Waals surface area contributed by atoms with Gasteiger partial charge in [-0.15, -0.1) is 0 Å². The number of aromatic amines is 1. The fraction of sp³-hybridized carbons (Fsp3) is 0.286. The van der Waals surface area contributed by atoms with E-state index >= 15 is 0 Å². The molecule has 0 fully saturated rings. The Bertz CT molecular complexity index is 663. The van der Waals surface area contributed by atoms with Crippen molar-refractivity contribution in [1.29, 1.82) is 5.41 Å². The van der Waals surface area contributed by atoms with Crippen molar-refractivity contribution < 1.29 is 4.79 Å². The molecule has 112 valence electrons. The summed E-state index contributed by atoms with van der Waals surface area (Å²) in [6.07, 6.45) is 0.871. The predicted molar refractivity (Wildman–Crippen MR) is 84.5 cm³/mol. The van der Waals surface area contributed by atoms with Crippen LogP contribution in [0.1, 0.15) is 16.9 Å². The van der Waals surface area contributed by atoms with E-state index in [0.717, 1.165) is 34.5 Å². The molecule has 0 unspecified atom stereocenters. The smallest absolute Gasteiger partial charge is 0.276 e. The fourth-order valence-corrected chi connectivity index (χ4v) is 2.03. The number of fused-ring (bicyclic) bond motifs is 1. The topological polar surface area (TPSA) is 124 Å². The maximum absolute atomic E-state index is 12.2. The van der Waals surface area contributed by atoms with Gasteiger partial charge < -0.3 is 21.8 Å².